The maximum atomic E-state index is 14.2. The molecule has 30 heavy (non-hydrogen) atoms. The van der Waals surface area contributed by atoms with E-state index in [0.29, 0.717) is 23.2 Å². The van der Waals surface area contributed by atoms with E-state index < -0.39 is 11.6 Å². The number of halogens is 3. The molecular weight excluding hydrogens is 519 g/mol. The number of likely N-dealkylation sites (tertiary alicyclic amines) is 2. The Kier molecular flexibility index (Phi) is 7.04. The van der Waals surface area contributed by atoms with E-state index in [2.05, 4.69) is 32.5 Å². The van der Waals surface area contributed by atoms with Crippen molar-refractivity contribution in [3.63, 3.8) is 0 Å². The number of carbonyl (C=O) groups is 1. The maximum Gasteiger partial charge on any atom is 0.266 e. The van der Waals surface area contributed by atoms with Gasteiger partial charge in [-0.3, -0.25) is 4.79 Å². The Morgan fingerprint density at radius 2 is 1.80 bits per heavy atom. The van der Waals surface area contributed by atoms with Crippen molar-refractivity contribution in [2.45, 2.75) is 55.5 Å². The van der Waals surface area contributed by atoms with Crippen molar-refractivity contribution in [3.05, 3.63) is 40.4 Å². The molecule has 3 heterocycles. The Balaban J connectivity index is 1.49. The van der Waals surface area contributed by atoms with Gasteiger partial charge in [-0.25, -0.2) is 13.8 Å². The fraction of sp³-hybridized carbons (Fsp3) is 0.545. The van der Waals surface area contributed by atoms with Crippen LogP contribution in [0, 0.1) is 18.6 Å². The molecule has 1 aromatic heterocycles. The lowest BCUT2D eigenvalue weighted by molar-refractivity contribution is 0.0603. The minimum Gasteiger partial charge on any atom is -0.326 e. The largest absolute Gasteiger partial charge is 0.326 e. The predicted octanol–water partition coefficient (Wildman–Crippen LogP) is 5.64. The van der Waals surface area contributed by atoms with Crippen LogP contribution in [-0.4, -0.2) is 50.4 Å². The molecule has 8 heteroatoms. The summed E-state index contributed by atoms with van der Waals surface area (Å²) < 4.78 is 28.4. The zero-order chi connectivity index (χ0) is 21.3. The van der Waals surface area contributed by atoms with Crippen molar-refractivity contribution in [1.82, 2.24) is 14.8 Å². The van der Waals surface area contributed by atoms with Gasteiger partial charge in [0.1, 0.15) is 21.5 Å². The van der Waals surface area contributed by atoms with Gasteiger partial charge in [-0.2, -0.15) is 0 Å². The van der Waals surface area contributed by atoms with E-state index in [9.17, 15) is 13.6 Å². The van der Waals surface area contributed by atoms with Crippen LogP contribution in [0.15, 0.2) is 18.2 Å². The third-order valence-electron chi connectivity index (χ3n) is 6.09. The molecule has 1 aromatic carbocycles. The molecule has 0 saturated carbocycles. The van der Waals surface area contributed by atoms with Crippen molar-refractivity contribution < 1.29 is 13.6 Å². The number of piperidine rings is 1. The zero-order valence-electron chi connectivity index (χ0n) is 17.0. The lowest BCUT2D eigenvalue weighted by Gasteiger charge is -2.41. The fourth-order valence-corrected chi connectivity index (χ4v) is 6.64. The first-order chi connectivity index (χ1) is 14.5. The number of carbonyl (C=O) groups excluding carboxylic acids is 1. The van der Waals surface area contributed by atoms with E-state index in [4.69, 9.17) is 0 Å². The molecule has 0 N–H and O–H groups in total. The molecule has 0 radical (unpaired) electrons. The van der Waals surface area contributed by atoms with Crippen molar-refractivity contribution in [2.24, 2.45) is 0 Å². The van der Waals surface area contributed by atoms with E-state index in [0.717, 1.165) is 37.3 Å². The number of hydrogen-bond donors (Lipinski definition) is 0. The number of aromatic nitrogens is 1. The van der Waals surface area contributed by atoms with Crippen molar-refractivity contribution in [2.75, 3.05) is 19.6 Å². The minimum atomic E-state index is -0.659. The highest BCUT2D eigenvalue weighted by atomic mass is 127. The topological polar surface area (TPSA) is 36.4 Å². The van der Waals surface area contributed by atoms with Gasteiger partial charge in [-0.15, -0.1) is 11.3 Å². The summed E-state index contributed by atoms with van der Waals surface area (Å²) in [6, 6.07) is 4.28. The predicted molar refractivity (Wildman–Crippen MR) is 124 cm³/mol. The van der Waals surface area contributed by atoms with Crippen molar-refractivity contribution in [1.29, 1.82) is 0 Å². The smallest absolute Gasteiger partial charge is 0.266 e. The molecule has 2 aliphatic rings. The highest BCUT2D eigenvalue weighted by Crippen LogP contribution is 2.35. The molecule has 2 fully saturated rings. The number of amides is 1. The summed E-state index contributed by atoms with van der Waals surface area (Å²) in [4.78, 5) is 22.6. The van der Waals surface area contributed by atoms with E-state index in [1.54, 1.807) is 6.92 Å². The molecule has 2 aromatic rings. The number of rotatable bonds is 3. The van der Waals surface area contributed by atoms with Gasteiger partial charge in [0, 0.05) is 12.6 Å². The molecule has 0 bridgehead atoms. The first kappa shape index (κ1) is 22.1. The molecular formula is C22H26F2IN3OS. The molecule has 0 aliphatic carbocycles. The monoisotopic (exact) mass is 545 g/mol. The summed E-state index contributed by atoms with van der Waals surface area (Å²) in [5, 5.41) is 0.218. The van der Waals surface area contributed by atoms with Gasteiger partial charge < -0.3 is 9.80 Å². The van der Waals surface area contributed by atoms with E-state index in [1.165, 1.54) is 43.9 Å². The number of benzene rings is 1. The van der Waals surface area contributed by atoms with Crippen LogP contribution in [0.2, 0.25) is 0 Å². The van der Waals surface area contributed by atoms with Crippen LogP contribution < -0.4 is 0 Å². The summed E-state index contributed by atoms with van der Waals surface area (Å²) in [6.45, 7) is 4.76. The molecule has 4 nitrogen and oxygen atoms in total. The second-order valence-electron chi connectivity index (χ2n) is 8.09. The highest BCUT2D eigenvalue weighted by molar-refractivity contribution is 14.1. The standard InChI is InChI=1S/C22H26F2IN3OS/c1-14-20(30-21(26-14)19-16(23)7-6-8-17(19)24)22(29)28-12-9-15(13-18(28)25)27-10-4-2-3-5-11-27/h6-8,15,18H,2-5,9-13H2,1H3. The zero-order valence-corrected chi connectivity index (χ0v) is 20.0. The van der Waals surface area contributed by atoms with E-state index >= 15 is 0 Å². The number of aryl methyl sites for hydroxylation is 1. The quantitative estimate of drug-likeness (QED) is 0.285. The summed E-state index contributed by atoms with van der Waals surface area (Å²) >= 11 is 3.45. The lowest BCUT2D eigenvalue weighted by Crippen LogP contribution is -2.50. The Bertz CT molecular complexity index is 894. The van der Waals surface area contributed by atoms with Crippen LogP contribution in [0.1, 0.15) is 53.9 Å². The SMILES string of the molecule is Cc1nc(-c2c(F)cccc2F)sc1C(=O)N1CCC(N2CCCCCC2)CC1I. The van der Waals surface area contributed by atoms with Crippen LogP contribution in [0.25, 0.3) is 10.6 Å². The Morgan fingerprint density at radius 1 is 1.13 bits per heavy atom. The molecule has 2 unspecified atom stereocenters. The second-order valence-corrected chi connectivity index (χ2v) is 10.5. The molecule has 1 amide bonds. The van der Waals surface area contributed by atoms with Crippen molar-refractivity contribution >= 4 is 39.8 Å². The van der Waals surface area contributed by atoms with Gasteiger partial charge in [0.2, 0.25) is 0 Å². The number of thiazole rings is 1. The van der Waals surface area contributed by atoms with Crippen LogP contribution in [0.4, 0.5) is 8.78 Å². The first-order valence-electron chi connectivity index (χ1n) is 10.6. The highest BCUT2D eigenvalue weighted by Gasteiger charge is 2.35. The van der Waals surface area contributed by atoms with Crippen LogP contribution in [0.5, 0.6) is 0 Å². The summed E-state index contributed by atoms with van der Waals surface area (Å²) in [5.74, 6) is -1.40. The Labute approximate surface area is 193 Å². The number of nitrogens with zero attached hydrogens (tertiary/aromatic N) is 3. The average molecular weight is 545 g/mol. The molecule has 0 spiro atoms. The van der Waals surface area contributed by atoms with Crippen LogP contribution >= 0.6 is 33.9 Å². The maximum absolute atomic E-state index is 14.2. The van der Waals surface area contributed by atoms with Crippen LogP contribution in [-0.2, 0) is 0 Å². The third-order valence-corrected chi connectivity index (χ3v) is 8.44. The number of hydrogen-bond acceptors (Lipinski definition) is 4. The minimum absolute atomic E-state index is 0.0817. The van der Waals surface area contributed by atoms with Gasteiger partial charge in [-0.1, -0.05) is 41.5 Å². The molecule has 2 aliphatic heterocycles. The normalized spacial score (nSPS) is 23.4. The molecule has 2 atom stereocenters. The average Bonchev–Trinajstić information content (AvgIpc) is 2.91. The second kappa shape index (κ2) is 9.56. The van der Waals surface area contributed by atoms with Crippen molar-refractivity contribution in [3.8, 4) is 10.6 Å². The van der Waals surface area contributed by atoms with E-state index in [1.807, 2.05) is 4.90 Å². The van der Waals surface area contributed by atoms with E-state index in [-0.39, 0.29) is 20.5 Å². The summed E-state index contributed by atoms with van der Waals surface area (Å²) in [5.41, 5.74) is 0.372. The van der Waals surface area contributed by atoms with Gasteiger partial charge >= 0.3 is 0 Å². The van der Waals surface area contributed by atoms with Gasteiger partial charge in [0.25, 0.3) is 5.91 Å². The molecule has 162 valence electrons. The van der Waals surface area contributed by atoms with Gasteiger partial charge in [0.05, 0.1) is 15.3 Å². The van der Waals surface area contributed by atoms with Gasteiger partial charge in [0.15, 0.2) is 0 Å². The van der Waals surface area contributed by atoms with Gasteiger partial charge in [-0.05, 0) is 57.8 Å². The Hall–Kier alpha value is -1.13. The Morgan fingerprint density at radius 3 is 2.43 bits per heavy atom. The first-order valence-corrected chi connectivity index (χ1v) is 12.6. The summed E-state index contributed by atoms with van der Waals surface area (Å²) in [6.07, 6.45) is 7.09. The summed E-state index contributed by atoms with van der Waals surface area (Å²) in [7, 11) is 0. The fourth-order valence-electron chi connectivity index (χ4n) is 4.45. The number of alkyl halides is 1. The molecule has 4 rings (SSSR count). The molecule has 2 saturated heterocycles. The third kappa shape index (κ3) is 4.55. The van der Waals surface area contributed by atoms with Crippen LogP contribution in [0.3, 0.4) is 0 Å². The lowest BCUT2D eigenvalue weighted by atomic mass is 10.0.